The topological polar surface area (TPSA) is 46.5 Å². The average molecular weight is 236 g/mol. The molecule has 3 nitrogen and oxygen atoms in total. The average Bonchev–Trinajstić information content (AvgIpc) is 2.59. The SMILES string of the molecule is C=C=C[C@@]1(O)CCC[C@@]1(CC=C)C(=O)OCC. The highest BCUT2D eigenvalue weighted by Crippen LogP contribution is 2.50. The molecular weight excluding hydrogens is 216 g/mol. The molecule has 1 N–H and O–H groups in total. The zero-order valence-electron chi connectivity index (χ0n) is 10.4. The molecule has 1 aliphatic carbocycles. The van der Waals surface area contributed by atoms with E-state index in [-0.39, 0.29) is 5.97 Å². The smallest absolute Gasteiger partial charge is 0.315 e. The molecule has 0 bridgehead atoms. The van der Waals surface area contributed by atoms with Gasteiger partial charge in [0.25, 0.3) is 0 Å². The molecular formula is C14H20O3. The van der Waals surface area contributed by atoms with Crippen molar-refractivity contribution in [3.8, 4) is 0 Å². The second kappa shape index (κ2) is 5.35. The van der Waals surface area contributed by atoms with Crippen molar-refractivity contribution in [1.82, 2.24) is 0 Å². The minimum atomic E-state index is -1.21. The minimum Gasteiger partial charge on any atom is -0.465 e. The minimum absolute atomic E-state index is 0.311. The molecule has 3 heteroatoms. The van der Waals surface area contributed by atoms with Crippen LogP contribution in [0, 0.1) is 5.41 Å². The third kappa shape index (κ3) is 2.21. The Kier molecular flexibility index (Phi) is 4.33. The third-order valence-corrected chi connectivity index (χ3v) is 3.49. The van der Waals surface area contributed by atoms with E-state index in [1.54, 1.807) is 13.0 Å². The van der Waals surface area contributed by atoms with Crippen LogP contribution in [-0.2, 0) is 9.53 Å². The van der Waals surface area contributed by atoms with E-state index < -0.39 is 11.0 Å². The Morgan fingerprint density at radius 1 is 1.59 bits per heavy atom. The third-order valence-electron chi connectivity index (χ3n) is 3.49. The molecule has 1 aliphatic rings. The largest absolute Gasteiger partial charge is 0.465 e. The molecule has 0 heterocycles. The second-order valence-electron chi connectivity index (χ2n) is 4.42. The van der Waals surface area contributed by atoms with Crippen molar-refractivity contribution < 1.29 is 14.6 Å². The van der Waals surface area contributed by atoms with Gasteiger partial charge in [-0.25, -0.2) is 0 Å². The maximum Gasteiger partial charge on any atom is 0.315 e. The number of carbonyl (C=O) groups is 1. The highest BCUT2D eigenvalue weighted by atomic mass is 16.5. The van der Waals surface area contributed by atoms with E-state index in [9.17, 15) is 9.90 Å². The maximum absolute atomic E-state index is 12.1. The van der Waals surface area contributed by atoms with Gasteiger partial charge in [0.05, 0.1) is 6.61 Å². The Bertz CT molecular complexity index is 354. The highest BCUT2D eigenvalue weighted by Gasteiger charge is 2.57. The predicted octanol–water partition coefficient (Wildman–Crippen LogP) is 2.37. The number of hydrogen-bond acceptors (Lipinski definition) is 3. The number of aliphatic hydroxyl groups is 1. The number of rotatable bonds is 5. The first kappa shape index (κ1) is 13.8. The lowest BCUT2D eigenvalue weighted by molar-refractivity contribution is -0.166. The standard InChI is InChI=1S/C14H20O3/c1-4-8-13(12(15)17-6-3)10-7-11-14(13,16)9-5-2/h4,9,16H,1-2,6-8,10-11H2,3H3/t13-,14+/m0/s1. The number of allylic oxidation sites excluding steroid dienone is 1. The van der Waals surface area contributed by atoms with Crippen molar-refractivity contribution in [2.75, 3.05) is 6.61 Å². The molecule has 1 fully saturated rings. The van der Waals surface area contributed by atoms with Crippen LogP contribution in [0.1, 0.15) is 32.6 Å². The van der Waals surface area contributed by atoms with E-state index in [4.69, 9.17) is 4.74 Å². The first-order valence-corrected chi connectivity index (χ1v) is 5.94. The normalized spacial score (nSPS) is 31.6. The number of carbonyl (C=O) groups excluding carboxylic acids is 1. The Morgan fingerprint density at radius 2 is 2.29 bits per heavy atom. The zero-order chi connectivity index (χ0) is 12.9. The van der Waals surface area contributed by atoms with Crippen molar-refractivity contribution >= 4 is 5.97 Å². The van der Waals surface area contributed by atoms with E-state index in [1.807, 2.05) is 0 Å². The first-order chi connectivity index (χ1) is 8.06. The van der Waals surface area contributed by atoms with Gasteiger partial charge in [-0.1, -0.05) is 12.7 Å². The monoisotopic (exact) mass is 236 g/mol. The lowest BCUT2D eigenvalue weighted by Crippen LogP contribution is -2.48. The van der Waals surface area contributed by atoms with Gasteiger partial charge in [0.2, 0.25) is 0 Å². The van der Waals surface area contributed by atoms with E-state index in [0.29, 0.717) is 25.9 Å². The van der Waals surface area contributed by atoms with Gasteiger partial charge in [0.15, 0.2) is 0 Å². The summed E-state index contributed by atoms with van der Waals surface area (Å²) in [6.07, 6.45) is 5.46. The van der Waals surface area contributed by atoms with E-state index in [1.165, 1.54) is 6.08 Å². The van der Waals surface area contributed by atoms with Crippen molar-refractivity contribution in [3.63, 3.8) is 0 Å². The fraction of sp³-hybridized carbons (Fsp3) is 0.571. The highest BCUT2D eigenvalue weighted by molar-refractivity contribution is 5.80. The quantitative estimate of drug-likeness (QED) is 0.453. The van der Waals surface area contributed by atoms with Gasteiger partial charge < -0.3 is 9.84 Å². The van der Waals surface area contributed by atoms with E-state index in [2.05, 4.69) is 18.9 Å². The molecule has 0 aromatic carbocycles. The van der Waals surface area contributed by atoms with Crippen molar-refractivity contribution in [2.24, 2.45) is 5.41 Å². The van der Waals surface area contributed by atoms with Crippen LogP contribution in [-0.4, -0.2) is 23.3 Å². The van der Waals surface area contributed by atoms with Gasteiger partial charge in [-0.2, -0.15) is 0 Å². The summed E-state index contributed by atoms with van der Waals surface area (Å²) >= 11 is 0. The summed E-state index contributed by atoms with van der Waals surface area (Å²) in [5, 5.41) is 10.6. The van der Waals surface area contributed by atoms with Crippen LogP contribution in [0.15, 0.2) is 31.0 Å². The first-order valence-electron chi connectivity index (χ1n) is 5.94. The van der Waals surface area contributed by atoms with Crippen LogP contribution in [0.4, 0.5) is 0 Å². The molecule has 2 atom stereocenters. The Morgan fingerprint density at radius 3 is 2.82 bits per heavy atom. The van der Waals surface area contributed by atoms with Crippen LogP contribution in [0.25, 0.3) is 0 Å². The van der Waals surface area contributed by atoms with Gasteiger partial charge in [-0.15, -0.1) is 12.3 Å². The summed E-state index contributed by atoms with van der Waals surface area (Å²) < 4.78 is 5.11. The summed E-state index contributed by atoms with van der Waals surface area (Å²) in [5.41, 5.74) is 0.459. The molecule has 0 unspecified atom stereocenters. The van der Waals surface area contributed by atoms with Gasteiger partial charge in [0.1, 0.15) is 11.0 Å². The van der Waals surface area contributed by atoms with Crippen molar-refractivity contribution in [2.45, 2.75) is 38.2 Å². The van der Waals surface area contributed by atoms with Gasteiger partial charge >= 0.3 is 5.97 Å². The van der Waals surface area contributed by atoms with Crippen LogP contribution in [0.3, 0.4) is 0 Å². The summed E-state index contributed by atoms with van der Waals surface area (Å²) in [4.78, 5) is 12.1. The zero-order valence-corrected chi connectivity index (χ0v) is 10.4. The van der Waals surface area contributed by atoms with Gasteiger partial charge in [0, 0.05) is 0 Å². The summed E-state index contributed by atoms with van der Waals surface area (Å²) in [7, 11) is 0. The maximum atomic E-state index is 12.1. The molecule has 0 radical (unpaired) electrons. The van der Waals surface area contributed by atoms with E-state index >= 15 is 0 Å². The molecule has 0 amide bonds. The van der Waals surface area contributed by atoms with Crippen LogP contribution < -0.4 is 0 Å². The van der Waals surface area contributed by atoms with Gasteiger partial charge in [-0.3, -0.25) is 4.79 Å². The number of esters is 1. The molecule has 0 aromatic rings. The Labute approximate surface area is 102 Å². The van der Waals surface area contributed by atoms with Crippen LogP contribution in [0.2, 0.25) is 0 Å². The lowest BCUT2D eigenvalue weighted by Gasteiger charge is -2.37. The number of ether oxygens (including phenoxy) is 1. The molecule has 0 saturated heterocycles. The fourth-order valence-electron chi connectivity index (χ4n) is 2.65. The van der Waals surface area contributed by atoms with Crippen molar-refractivity contribution in [1.29, 1.82) is 0 Å². The molecule has 1 saturated carbocycles. The van der Waals surface area contributed by atoms with Crippen molar-refractivity contribution in [3.05, 3.63) is 31.0 Å². The molecule has 17 heavy (non-hydrogen) atoms. The predicted molar refractivity (Wildman–Crippen MR) is 66.4 cm³/mol. The molecule has 0 spiro atoms. The number of hydrogen-bond donors (Lipinski definition) is 1. The summed E-state index contributed by atoms with van der Waals surface area (Å²) in [6.45, 7) is 9.22. The molecule has 1 rings (SSSR count). The van der Waals surface area contributed by atoms with E-state index in [0.717, 1.165) is 6.42 Å². The second-order valence-corrected chi connectivity index (χ2v) is 4.42. The molecule has 0 aromatic heterocycles. The summed E-state index contributed by atoms with van der Waals surface area (Å²) in [5.74, 6) is -0.355. The molecule has 0 aliphatic heterocycles. The molecule has 94 valence electrons. The Hall–Kier alpha value is -1.31. The van der Waals surface area contributed by atoms with Crippen LogP contribution in [0.5, 0.6) is 0 Å². The summed E-state index contributed by atoms with van der Waals surface area (Å²) in [6, 6.07) is 0. The van der Waals surface area contributed by atoms with Gasteiger partial charge in [-0.05, 0) is 38.7 Å². The van der Waals surface area contributed by atoms with Crippen LogP contribution >= 0.6 is 0 Å². The lowest BCUT2D eigenvalue weighted by atomic mass is 9.71. The fourth-order valence-corrected chi connectivity index (χ4v) is 2.65. The Balaban J connectivity index is 3.17.